The second kappa shape index (κ2) is 7.36. The number of methoxy groups -OCH3 is 1. The molecule has 0 saturated carbocycles. The molecule has 5 heteroatoms. The van der Waals surface area contributed by atoms with Crippen LogP contribution in [-0.4, -0.2) is 44.1 Å². The lowest BCUT2D eigenvalue weighted by Crippen LogP contribution is -2.34. The van der Waals surface area contributed by atoms with Gasteiger partial charge in [-0.05, 0) is 31.2 Å². The third kappa shape index (κ3) is 4.11. The van der Waals surface area contributed by atoms with Crippen molar-refractivity contribution in [3.05, 3.63) is 29.8 Å². The maximum Gasteiger partial charge on any atom is 0.227 e. The van der Waals surface area contributed by atoms with Gasteiger partial charge >= 0.3 is 0 Å². The van der Waals surface area contributed by atoms with Gasteiger partial charge in [0.25, 0.3) is 0 Å². The van der Waals surface area contributed by atoms with Gasteiger partial charge in [0.1, 0.15) is 5.75 Å². The summed E-state index contributed by atoms with van der Waals surface area (Å²) in [5, 5.41) is 3.22. The summed E-state index contributed by atoms with van der Waals surface area (Å²) in [6.45, 7) is 1.69. The Bertz CT molecular complexity index is 408. The molecule has 1 fully saturated rings. The molecule has 1 N–H and O–H groups in total. The zero-order valence-electron chi connectivity index (χ0n) is 11.4. The molecule has 1 aliphatic rings. The number of rotatable bonds is 4. The van der Waals surface area contributed by atoms with Crippen molar-refractivity contribution in [2.24, 2.45) is 0 Å². The number of ether oxygens (including phenoxy) is 1. The van der Waals surface area contributed by atoms with Crippen molar-refractivity contribution in [1.29, 1.82) is 0 Å². The predicted octanol–water partition coefficient (Wildman–Crippen LogP) is 1.48. The van der Waals surface area contributed by atoms with Crippen LogP contribution in [0.3, 0.4) is 0 Å². The van der Waals surface area contributed by atoms with Gasteiger partial charge in [0.05, 0.1) is 13.5 Å². The summed E-state index contributed by atoms with van der Waals surface area (Å²) < 4.78 is 5.10. The predicted molar refractivity (Wildman–Crippen MR) is 78.0 cm³/mol. The lowest BCUT2D eigenvalue weighted by atomic mass is 10.1. The quantitative estimate of drug-likeness (QED) is 0.911. The van der Waals surface area contributed by atoms with E-state index in [9.17, 15) is 4.79 Å². The first kappa shape index (κ1) is 15.8. The van der Waals surface area contributed by atoms with Gasteiger partial charge in [0.15, 0.2) is 0 Å². The van der Waals surface area contributed by atoms with Crippen LogP contribution in [0, 0.1) is 0 Å². The summed E-state index contributed by atoms with van der Waals surface area (Å²) in [5.41, 5.74) is 1.04. The molecule has 0 aromatic heterocycles. The smallest absolute Gasteiger partial charge is 0.227 e. The zero-order chi connectivity index (χ0) is 13.0. The van der Waals surface area contributed by atoms with E-state index in [1.54, 1.807) is 7.11 Å². The number of nitrogens with one attached hydrogen (secondary N) is 1. The van der Waals surface area contributed by atoms with Gasteiger partial charge in [0, 0.05) is 19.1 Å². The van der Waals surface area contributed by atoms with Gasteiger partial charge in [0.2, 0.25) is 5.91 Å². The number of nitrogens with zero attached hydrogens (tertiary/aromatic N) is 1. The van der Waals surface area contributed by atoms with Crippen molar-refractivity contribution in [1.82, 2.24) is 10.2 Å². The Morgan fingerprint density at radius 1 is 1.42 bits per heavy atom. The fourth-order valence-corrected chi connectivity index (χ4v) is 2.25. The molecule has 1 amide bonds. The lowest BCUT2D eigenvalue weighted by Gasteiger charge is -2.16. The summed E-state index contributed by atoms with van der Waals surface area (Å²) in [4.78, 5) is 14.0. The van der Waals surface area contributed by atoms with E-state index in [-0.39, 0.29) is 18.3 Å². The van der Waals surface area contributed by atoms with Crippen LogP contribution in [0.1, 0.15) is 12.0 Å². The second-order valence-electron chi connectivity index (χ2n) is 4.64. The number of hydrogen-bond acceptors (Lipinski definition) is 3. The highest BCUT2D eigenvalue weighted by atomic mass is 35.5. The van der Waals surface area contributed by atoms with Crippen LogP contribution < -0.4 is 10.1 Å². The average molecular weight is 285 g/mol. The van der Waals surface area contributed by atoms with E-state index in [1.165, 1.54) is 0 Å². The van der Waals surface area contributed by atoms with Crippen molar-refractivity contribution in [2.75, 3.05) is 27.2 Å². The summed E-state index contributed by atoms with van der Waals surface area (Å²) >= 11 is 0. The molecule has 1 unspecified atom stereocenters. The van der Waals surface area contributed by atoms with E-state index >= 15 is 0 Å². The molecule has 0 aliphatic carbocycles. The molecule has 0 bridgehead atoms. The van der Waals surface area contributed by atoms with Crippen LogP contribution in [0.5, 0.6) is 5.75 Å². The van der Waals surface area contributed by atoms with Gasteiger partial charge in [-0.25, -0.2) is 0 Å². The van der Waals surface area contributed by atoms with Crippen molar-refractivity contribution < 1.29 is 9.53 Å². The molecule has 1 heterocycles. The normalized spacial score (nSPS) is 18.0. The highest BCUT2D eigenvalue weighted by Gasteiger charge is 2.24. The van der Waals surface area contributed by atoms with E-state index in [0.29, 0.717) is 12.5 Å². The summed E-state index contributed by atoms with van der Waals surface area (Å²) in [6.07, 6.45) is 1.52. The minimum atomic E-state index is 0. The SMILES string of the molecule is CNC1CCN(C(=O)Cc2ccc(OC)cc2)C1.Cl. The second-order valence-corrected chi connectivity index (χ2v) is 4.64. The highest BCUT2D eigenvalue weighted by Crippen LogP contribution is 2.14. The molecule has 1 aromatic rings. The summed E-state index contributed by atoms with van der Waals surface area (Å²) in [5.74, 6) is 1.03. The summed E-state index contributed by atoms with van der Waals surface area (Å²) in [7, 11) is 3.59. The monoisotopic (exact) mass is 284 g/mol. The Labute approximate surface area is 120 Å². The van der Waals surface area contributed by atoms with Crippen LogP contribution in [0.4, 0.5) is 0 Å². The number of likely N-dealkylation sites (N-methyl/N-ethyl adjacent to an activating group) is 1. The first-order valence-corrected chi connectivity index (χ1v) is 6.31. The Morgan fingerprint density at radius 2 is 2.11 bits per heavy atom. The van der Waals surface area contributed by atoms with E-state index in [2.05, 4.69) is 5.32 Å². The van der Waals surface area contributed by atoms with Crippen molar-refractivity contribution in [2.45, 2.75) is 18.9 Å². The third-order valence-electron chi connectivity index (χ3n) is 3.46. The minimum absolute atomic E-state index is 0. The van der Waals surface area contributed by atoms with Gasteiger partial charge in [-0.15, -0.1) is 12.4 Å². The Balaban J connectivity index is 0.00000180. The molecule has 4 nitrogen and oxygen atoms in total. The van der Waals surface area contributed by atoms with Gasteiger partial charge in [-0.1, -0.05) is 12.1 Å². The standard InChI is InChI=1S/C14H20N2O2.ClH/c1-15-12-7-8-16(10-12)14(17)9-11-3-5-13(18-2)6-4-11;/h3-6,12,15H,7-10H2,1-2H3;1H. The fraction of sp³-hybridized carbons (Fsp3) is 0.500. The number of likely N-dealkylation sites (tertiary alicyclic amines) is 1. The van der Waals surface area contributed by atoms with Crippen LogP contribution in [0.25, 0.3) is 0 Å². The molecule has 1 aromatic carbocycles. The van der Waals surface area contributed by atoms with E-state index in [4.69, 9.17) is 4.74 Å². The van der Waals surface area contributed by atoms with Crippen LogP contribution in [0.15, 0.2) is 24.3 Å². The molecule has 106 valence electrons. The molecule has 1 saturated heterocycles. The number of hydrogen-bond donors (Lipinski definition) is 1. The molecule has 0 radical (unpaired) electrons. The largest absolute Gasteiger partial charge is 0.497 e. The minimum Gasteiger partial charge on any atom is -0.497 e. The number of carbonyl (C=O) groups excluding carboxylic acids is 1. The van der Waals surface area contributed by atoms with Gasteiger partial charge in [-0.3, -0.25) is 4.79 Å². The molecule has 1 atom stereocenters. The first-order valence-electron chi connectivity index (χ1n) is 6.31. The first-order chi connectivity index (χ1) is 8.72. The Kier molecular flexibility index (Phi) is 6.12. The molecular formula is C14H21ClN2O2. The van der Waals surface area contributed by atoms with Crippen LogP contribution in [0.2, 0.25) is 0 Å². The number of carbonyl (C=O) groups is 1. The fourth-order valence-electron chi connectivity index (χ4n) is 2.25. The van der Waals surface area contributed by atoms with Crippen LogP contribution in [-0.2, 0) is 11.2 Å². The van der Waals surface area contributed by atoms with E-state index in [0.717, 1.165) is 30.8 Å². The molecular weight excluding hydrogens is 264 g/mol. The number of halogens is 1. The van der Waals surface area contributed by atoms with Crippen molar-refractivity contribution in [3.63, 3.8) is 0 Å². The van der Waals surface area contributed by atoms with E-state index < -0.39 is 0 Å². The molecule has 2 rings (SSSR count). The van der Waals surface area contributed by atoms with Crippen molar-refractivity contribution in [3.8, 4) is 5.75 Å². The molecule has 1 aliphatic heterocycles. The topological polar surface area (TPSA) is 41.6 Å². The van der Waals surface area contributed by atoms with Crippen molar-refractivity contribution >= 4 is 18.3 Å². The highest BCUT2D eigenvalue weighted by molar-refractivity contribution is 5.85. The van der Waals surface area contributed by atoms with Gasteiger partial charge < -0.3 is 15.0 Å². The maximum absolute atomic E-state index is 12.1. The molecule has 19 heavy (non-hydrogen) atoms. The number of amides is 1. The molecule has 0 spiro atoms. The third-order valence-corrected chi connectivity index (χ3v) is 3.46. The van der Waals surface area contributed by atoms with E-state index in [1.807, 2.05) is 36.2 Å². The Hall–Kier alpha value is -1.26. The number of benzene rings is 1. The Morgan fingerprint density at radius 3 is 2.63 bits per heavy atom. The maximum atomic E-state index is 12.1. The lowest BCUT2D eigenvalue weighted by molar-refractivity contribution is -0.129. The zero-order valence-corrected chi connectivity index (χ0v) is 12.2. The van der Waals surface area contributed by atoms with Crippen LogP contribution >= 0.6 is 12.4 Å². The summed E-state index contributed by atoms with van der Waals surface area (Å²) in [6, 6.07) is 8.13. The average Bonchev–Trinajstić information content (AvgIpc) is 2.88. The van der Waals surface area contributed by atoms with Gasteiger partial charge in [-0.2, -0.15) is 0 Å².